The predicted octanol–water partition coefficient (Wildman–Crippen LogP) is -10.2. The number of rotatable bonds is 0. The van der Waals surface area contributed by atoms with E-state index in [1.807, 2.05) is 0 Å². The third kappa shape index (κ3) is 89.9. The summed E-state index contributed by atoms with van der Waals surface area (Å²) in [6.45, 7) is 0. The standard InChI is InChI=1S/BrH.IO4.Li/c;2-1(3,4)5;/h1H;;/q;-1;+1. The fraction of sp³-hybridized carbons (Fsp3) is 0. The molecule has 4 nitrogen and oxygen atoms in total. The number of halogens is 2. The van der Waals surface area contributed by atoms with Crippen LogP contribution >= 0.6 is 17.0 Å². The minimum Gasteiger partial charge on any atom is -0.286 e. The molecular formula is HBrILiO4. The molecule has 0 N–H and O–H groups in total. The van der Waals surface area contributed by atoms with Gasteiger partial charge in [-0.05, 0) is 0 Å². The first-order valence-electron chi connectivity index (χ1n) is 0.617. The second-order valence-electron chi connectivity index (χ2n) is 0.378. The van der Waals surface area contributed by atoms with E-state index in [0.29, 0.717) is 0 Å². The molecule has 0 amide bonds. The summed E-state index contributed by atoms with van der Waals surface area (Å²) in [6.07, 6.45) is 0. The first-order valence-corrected chi connectivity index (χ1v) is 4.14. The Labute approximate surface area is 69.2 Å². The van der Waals surface area contributed by atoms with Crippen molar-refractivity contribution in [2.24, 2.45) is 0 Å². The maximum absolute atomic E-state index is 8.62. The maximum atomic E-state index is 8.62. The van der Waals surface area contributed by atoms with Gasteiger partial charge in [0, 0.05) is 0 Å². The zero-order valence-corrected chi connectivity index (χ0v) is 7.29. The van der Waals surface area contributed by atoms with Crippen molar-refractivity contribution < 1.29 is 52.7 Å². The molecule has 0 fully saturated rings. The molecule has 0 spiro atoms. The van der Waals surface area contributed by atoms with Crippen molar-refractivity contribution in [1.29, 1.82) is 0 Å². The van der Waals surface area contributed by atoms with Crippen molar-refractivity contribution in [2.75, 3.05) is 0 Å². The summed E-state index contributed by atoms with van der Waals surface area (Å²) in [5.41, 5.74) is 0. The van der Waals surface area contributed by atoms with Crippen LogP contribution in [-0.4, -0.2) is 0 Å². The molecule has 0 saturated heterocycles. The fourth-order valence-electron chi connectivity index (χ4n) is 0. The summed E-state index contributed by atoms with van der Waals surface area (Å²) < 4.78 is 34.5. The van der Waals surface area contributed by atoms with Gasteiger partial charge in [0.1, 0.15) is 20.1 Å². The van der Waals surface area contributed by atoms with Crippen molar-refractivity contribution in [3.63, 3.8) is 0 Å². The first kappa shape index (κ1) is 15.9. The third-order valence-electron chi connectivity index (χ3n) is 0. The Bertz CT molecular complexity index is 27.2. The number of hydrogen-bond acceptors (Lipinski definition) is 4. The quantitative estimate of drug-likeness (QED) is 0.325. The first-order chi connectivity index (χ1) is 2.00. The molecule has 0 saturated carbocycles. The molecule has 7 heavy (non-hydrogen) atoms. The normalized spacial score (nSPS) is 8.57. The molecule has 0 heterocycles. The second kappa shape index (κ2) is 5.78. The van der Waals surface area contributed by atoms with Crippen LogP contribution in [0.15, 0.2) is 0 Å². The van der Waals surface area contributed by atoms with Gasteiger partial charge in [-0.25, -0.2) is 0 Å². The van der Waals surface area contributed by atoms with Crippen LogP contribution in [0.4, 0.5) is 0 Å². The summed E-state index contributed by atoms with van der Waals surface area (Å²) in [4.78, 5) is 0. The monoisotopic (exact) mass is 278 g/mol. The van der Waals surface area contributed by atoms with Gasteiger partial charge in [0.2, 0.25) is 0 Å². The van der Waals surface area contributed by atoms with E-state index in [1.54, 1.807) is 0 Å². The van der Waals surface area contributed by atoms with Gasteiger partial charge in [0.25, 0.3) is 0 Å². The molecular weight excluding hydrogens is 278 g/mol. The molecule has 0 unspecified atom stereocenters. The Morgan fingerprint density at radius 2 is 0.857 bits per heavy atom. The molecule has 0 aliphatic heterocycles. The molecule has 0 bridgehead atoms. The van der Waals surface area contributed by atoms with Crippen LogP contribution in [0.25, 0.3) is 0 Å². The molecule has 0 aromatic heterocycles. The van der Waals surface area contributed by atoms with Crippen molar-refractivity contribution >= 4 is 17.0 Å². The van der Waals surface area contributed by atoms with Crippen LogP contribution in [0.2, 0.25) is 0 Å². The Balaban J connectivity index is -0.0000000800. The van der Waals surface area contributed by atoms with E-state index in [0.717, 1.165) is 0 Å². The van der Waals surface area contributed by atoms with Crippen LogP contribution in [0.5, 0.6) is 0 Å². The number of hydrogen-bond donors (Lipinski definition) is 0. The molecule has 0 radical (unpaired) electrons. The van der Waals surface area contributed by atoms with Crippen LogP contribution in [0, 0.1) is 0 Å². The van der Waals surface area contributed by atoms with Crippen LogP contribution in [-0.2, 0) is 0 Å². The smallest absolute Gasteiger partial charge is 0.286 e. The fourth-order valence-corrected chi connectivity index (χ4v) is 0. The minimum absolute atomic E-state index is 0. The molecule has 0 aromatic carbocycles. The van der Waals surface area contributed by atoms with Crippen molar-refractivity contribution in [1.82, 2.24) is 0 Å². The molecule has 0 rings (SSSR count). The zero-order valence-electron chi connectivity index (χ0n) is 3.42. The molecule has 0 aliphatic rings. The van der Waals surface area contributed by atoms with E-state index in [1.165, 1.54) is 0 Å². The third-order valence-corrected chi connectivity index (χ3v) is 0. The molecule has 0 aromatic rings. The SMILES string of the molecule is Br.[Li+].[O-][I+3]([O-])([O-])[O-]. The summed E-state index contributed by atoms with van der Waals surface area (Å²) >= 11 is -5.94. The van der Waals surface area contributed by atoms with Gasteiger partial charge < -0.3 is 0 Å². The van der Waals surface area contributed by atoms with E-state index in [4.69, 9.17) is 13.7 Å². The van der Waals surface area contributed by atoms with Gasteiger partial charge in [0.05, 0.1) is 0 Å². The van der Waals surface area contributed by atoms with Gasteiger partial charge in [-0.2, -0.15) is 0 Å². The van der Waals surface area contributed by atoms with Gasteiger partial charge in [-0.3, -0.25) is 13.7 Å². The van der Waals surface area contributed by atoms with E-state index < -0.39 is 20.1 Å². The Morgan fingerprint density at radius 1 is 0.857 bits per heavy atom. The van der Waals surface area contributed by atoms with E-state index in [-0.39, 0.29) is 35.8 Å². The Morgan fingerprint density at radius 3 is 0.857 bits per heavy atom. The predicted molar refractivity (Wildman–Crippen MR) is 10.3 cm³/mol. The summed E-state index contributed by atoms with van der Waals surface area (Å²) in [7, 11) is 0. The van der Waals surface area contributed by atoms with Crippen molar-refractivity contribution in [3.8, 4) is 0 Å². The summed E-state index contributed by atoms with van der Waals surface area (Å²) in [5, 5.41) is 0. The molecule has 0 atom stereocenters. The topological polar surface area (TPSA) is 92.2 Å². The van der Waals surface area contributed by atoms with Crippen LogP contribution in [0.1, 0.15) is 0 Å². The van der Waals surface area contributed by atoms with Crippen LogP contribution < -0.4 is 52.7 Å². The average Bonchev–Trinajstić information content (AvgIpc) is 0.722. The van der Waals surface area contributed by atoms with Gasteiger partial charge in [0.15, 0.2) is 0 Å². The van der Waals surface area contributed by atoms with Crippen molar-refractivity contribution in [3.05, 3.63) is 0 Å². The van der Waals surface area contributed by atoms with Gasteiger partial charge in [-0.1, -0.05) is 0 Å². The molecule has 40 valence electrons. The maximum Gasteiger partial charge on any atom is 1.00 e. The largest absolute Gasteiger partial charge is 1.00 e. The second-order valence-corrected chi connectivity index (χ2v) is 2.54. The Hall–Kier alpha value is 1.65. The molecule has 0 aliphatic carbocycles. The van der Waals surface area contributed by atoms with Gasteiger partial charge >= 0.3 is 18.9 Å². The van der Waals surface area contributed by atoms with Crippen LogP contribution in [0.3, 0.4) is 0 Å². The average molecular weight is 279 g/mol. The Kier molecular flexibility index (Phi) is 13.1. The van der Waals surface area contributed by atoms with E-state index >= 15 is 0 Å². The van der Waals surface area contributed by atoms with E-state index in [2.05, 4.69) is 0 Å². The summed E-state index contributed by atoms with van der Waals surface area (Å²) in [6, 6.07) is 0. The summed E-state index contributed by atoms with van der Waals surface area (Å²) in [5.74, 6) is 0. The van der Waals surface area contributed by atoms with Gasteiger partial charge in [-0.15, -0.1) is 17.0 Å². The zero-order chi connectivity index (χ0) is 4.50. The molecule has 7 heteroatoms. The minimum atomic E-state index is -5.94. The van der Waals surface area contributed by atoms with E-state index in [9.17, 15) is 0 Å². The van der Waals surface area contributed by atoms with Crippen molar-refractivity contribution in [2.45, 2.75) is 0 Å².